The van der Waals surface area contributed by atoms with Gasteiger partial charge in [-0.3, -0.25) is 0 Å². The zero-order valence-electron chi connectivity index (χ0n) is 11.6. The third-order valence-electron chi connectivity index (χ3n) is 5.64. The van der Waals surface area contributed by atoms with E-state index in [1.54, 1.807) is 6.92 Å². The summed E-state index contributed by atoms with van der Waals surface area (Å²) in [5.74, 6) is 3.45. The van der Waals surface area contributed by atoms with Crippen LogP contribution in [0.15, 0.2) is 12.2 Å². The summed E-state index contributed by atoms with van der Waals surface area (Å²) in [5, 5.41) is 0. The predicted octanol–water partition coefficient (Wildman–Crippen LogP) is 3.71. The van der Waals surface area contributed by atoms with Gasteiger partial charge in [-0.2, -0.15) is 0 Å². The number of esters is 1. The molecule has 0 spiro atoms. The van der Waals surface area contributed by atoms with Crippen molar-refractivity contribution >= 4 is 5.97 Å². The second-order valence-corrected chi connectivity index (χ2v) is 7.02. The van der Waals surface area contributed by atoms with Crippen molar-refractivity contribution in [3.05, 3.63) is 12.2 Å². The Kier molecular flexibility index (Phi) is 2.80. The van der Waals surface area contributed by atoms with Gasteiger partial charge < -0.3 is 4.74 Å². The average molecular weight is 248 g/mol. The number of carbonyl (C=O) groups is 1. The minimum atomic E-state index is -0.234. The standard InChI is InChI=1S/C16H24O2/c1-10(2)15(17)18-16(3)7-6-13-11-4-5-12(8-11)14(13)9-16/h11-14H,1,4-9H2,2-3H3. The Labute approximate surface area is 110 Å². The van der Waals surface area contributed by atoms with E-state index in [0.29, 0.717) is 5.57 Å². The van der Waals surface area contributed by atoms with Crippen molar-refractivity contribution < 1.29 is 9.53 Å². The first-order valence-corrected chi connectivity index (χ1v) is 7.37. The minimum Gasteiger partial charge on any atom is -0.456 e. The topological polar surface area (TPSA) is 26.3 Å². The molecule has 3 aliphatic carbocycles. The molecule has 2 nitrogen and oxygen atoms in total. The SMILES string of the molecule is C=C(C)C(=O)OC1(C)CCC2C3CCC(C3)C2C1. The van der Waals surface area contributed by atoms with E-state index < -0.39 is 0 Å². The Bertz CT molecular complexity index is 387. The van der Waals surface area contributed by atoms with Gasteiger partial charge in [-0.15, -0.1) is 0 Å². The highest BCUT2D eigenvalue weighted by Crippen LogP contribution is 2.59. The molecule has 0 saturated heterocycles. The van der Waals surface area contributed by atoms with Gasteiger partial charge in [0.1, 0.15) is 5.60 Å². The summed E-state index contributed by atoms with van der Waals surface area (Å²) in [7, 11) is 0. The zero-order chi connectivity index (χ0) is 12.9. The largest absolute Gasteiger partial charge is 0.456 e. The molecule has 0 aromatic rings. The lowest BCUT2D eigenvalue weighted by Gasteiger charge is -2.44. The van der Waals surface area contributed by atoms with Crippen LogP contribution >= 0.6 is 0 Å². The van der Waals surface area contributed by atoms with Crippen LogP contribution in [0.4, 0.5) is 0 Å². The smallest absolute Gasteiger partial charge is 0.333 e. The molecule has 3 saturated carbocycles. The van der Waals surface area contributed by atoms with Gasteiger partial charge in [0.2, 0.25) is 0 Å². The van der Waals surface area contributed by atoms with Crippen LogP contribution in [0.25, 0.3) is 0 Å². The monoisotopic (exact) mass is 248 g/mol. The van der Waals surface area contributed by atoms with E-state index in [9.17, 15) is 4.79 Å². The van der Waals surface area contributed by atoms with Crippen molar-refractivity contribution in [3.8, 4) is 0 Å². The van der Waals surface area contributed by atoms with E-state index in [1.807, 2.05) is 0 Å². The first-order valence-electron chi connectivity index (χ1n) is 7.37. The number of fused-ring (bicyclic) bond motifs is 5. The molecular weight excluding hydrogens is 224 g/mol. The molecule has 5 unspecified atom stereocenters. The summed E-state index contributed by atoms with van der Waals surface area (Å²) in [6.07, 6.45) is 7.68. The van der Waals surface area contributed by atoms with Gasteiger partial charge in [-0.05, 0) is 76.0 Å². The summed E-state index contributed by atoms with van der Waals surface area (Å²) < 4.78 is 5.72. The molecular formula is C16H24O2. The van der Waals surface area contributed by atoms with E-state index in [-0.39, 0.29) is 11.6 Å². The first kappa shape index (κ1) is 12.3. The minimum absolute atomic E-state index is 0.209. The fourth-order valence-corrected chi connectivity index (χ4v) is 4.77. The van der Waals surface area contributed by atoms with Crippen LogP contribution in [0.5, 0.6) is 0 Å². The Balaban J connectivity index is 1.69. The van der Waals surface area contributed by atoms with Gasteiger partial charge in [-0.1, -0.05) is 6.58 Å². The number of carbonyl (C=O) groups excluding carboxylic acids is 1. The quantitative estimate of drug-likeness (QED) is 0.550. The fraction of sp³-hybridized carbons (Fsp3) is 0.812. The number of hydrogen-bond acceptors (Lipinski definition) is 2. The van der Waals surface area contributed by atoms with Gasteiger partial charge in [0, 0.05) is 5.57 Å². The molecule has 0 N–H and O–H groups in total. The number of ether oxygens (including phenoxy) is 1. The summed E-state index contributed by atoms with van der Waals surface area (Å²) in [6, 6.07) is 0. The van der Waals surface area contributed by atoms with Gasteiger partial charge in [0.05, 0.1) is 0 Å². The summed E-state index contributed by atoms with van der Waals surface area (Å²) in [5.41, 5.74) is 0.285. The van der Waals surface area contributed by atoms with Crippen LogP contribution in [0, 0.1) is 23.7 Å². The van der Waals surface area contributed by atoms with Crippen molar-refractivity contribution in [2.24, 2.45) is 23.7 Å². The number of rotatable bonds is 2. The van der Waals surface area contributed by atoms with Crippen LogP contribution in [0.3, 0.4) is 0 Å². The molecule has 0 heterocycles. The third kappa shape index (κ3) is 1.90. The lowest BCUT2D eigenvalue weighted by atomic mass is 9.66. The van der Waals surface area contributed by atoms with E-state index in [4.69, 9.17) is 4.74 Å². The molecule has 0 radical (unpaired) electrons. The van der Waals surface area contributed by atoms with Crippen LogP contribution in [-0.2, 0) is 9.53 Å². The maximum Gasteiger partial charge on any atom is 0.333 e. The molecule has 0 aromatic heterocycles. The van der Waals surface area contributed by atoms with Gasteiger partial charge in [-0.25, -0.2) is 4.79 Å². The molecule has 5 atom stereocenters. The van der Waals surface area contributed by atoms with E-state index in [1.165, 1.54) is 25.7 Å². The fourth-order valence-electron chi connectivity index (χ4n) is 4.77. The van der Waals surface area contributed by atoms with Gasteiger partial charge in [0.25, 0.3) is 0 Å². The molecule has 3 aliphatic rings. The van der Waals surface area contributed by atoms with Crippen LogP contribution in [0.2, 0.25) is 0 Å². The maximum absolute atomic E-state index is 11.7. The second-order valence-electron chi connectivity index (χ2n) is 7.02. The zero-order valence-corrected chi connectivity index (χ0v) is 11.6. The molecule has 0 aliphatic heterocycles. The molecule has 100 valence electrons. The van der Waals surface area contributed by atoms with Crippen LogP contribution < -0.4 is 0 Å². The predicted molar refractivity (Wildman–Crippen MR) is 71.0 cm³/mol. The molecule has 0 aromatic carbocycles. The molecule has 3 fully saturated rings. The van der Waals surface area contributed by atoms with Crippen molar-refractivity contribution in [1.29, 1.82) is 0 Å². The Morgan fingerprint density at radius 1 is 1.22 bits per heavy atom. The molecule has 3 rings (SSSR count). The first-order chi connectivity index (χ1) is 8.48. The third-order valence-corrected chi connectivity index (χ3v) is 5.64. The molecule has 2 heteroatoms. The van der Waals surface area contributed by atoms with Crippen molar-refractivity contribution in [1.82, 2.24) is 0 Å². The molecule has 18 heavy (non-hydrogen) atoms. The Morgan fingerprint density at radius 3 is 2.56 bits per heavy atom. The highest BCUT2D eigenvalue weighted by atomic mass is 16.6. The highest BCUT2D eigenvalue weighted by Gasteiger charge is 2.52. The summed E-state index contributed by atoms with van der Waals surface area (Å²) in [6.45, 7) is 7.53. The van der Waals surface area contributed by atoms with Crippen LogP contribution in [0.1, 0.15) is 52.4 Å². The Hall–Kier alpha value is -0.790. The van der Waals surface area contributed by atoms with E-state index in [2.05, 4.69) is 13.5 Å². The van der Waals surface area contributed by atoms with Crippen molar-refractivity contribution in [2.75, 3.05) is 0 Å². The van der Waals surface area contributed by atoms with Gasteiger partial charge >= 0.3 is 5.97 Å². The lowest BCUT2D eigenvalue weighted by Crippen LogP contribution is -2.42. The highest BCUT2D eigenvalue weighted by molar-refractivity contribution is 5.87. The van der Waals surface area contributed by atoms with E-state index >= 15 is 0 Å². The van der Waals surface area contributed by atoms with Gasteiger partial charge in [0.15, 0.2) is 0 Å². The number of hydrogen-bond donors (Lipinski definition) is 0. The van der Waals surface area contributed by atoms with Crippen molar-refractivity contribution in [2.45, 2.75) is 58.0 Å². The summed E-state index contributed by atoms with van der Waals surface area (Å²) >= 11 is 0. The van der Waals surface area contributed by atoms with Crippen molar-refractivity contribution in [3.63, 3.8) is 0 Å². The maximum atomic E-state index is 11.7. The van der Waals surface area contributed by atoms with E-state index in [0.717, 1.165) is 36.5 Å². The average Bonchev–Trinajstić information content (AvgIpc) is 2.88. The molecule has 0 amide bonds. The Morgan fingerprint density at radius 2 is 1.89 bits per heavy atom. The lowest BCUT2D eigenvalue weighted by molar-refractivity contribution is -0.160. The van der Waals surface area contributed by atoms with Crippen LogP contribution in [-0.4, -0.2) is 11.6 Å². The second kappa shape index (κ2) is 4.11. The normalized spacial score (nSPS) is 45.7. The molecule has 2 bridgehead atoms. The summed E-state index contributed by atoms with van der Waals surface area (Å²) in [4.78, 5) is 11.7.